The number of oxime groups is 1. The lowest BCUT2D eigenvalue weighted by atomic mass is 10.2. The van der Waals surface area contributed by atoms with Crippen LogP contribution >= 0.6 is 0 Å². The summed E-state index contributed by atoms with van der Waals surface area (Å²) in [6.45, 7) is 0.554. The summed E-state index contributed by atoms with van der Waals surface area (Å²) in [5, 5.41) is 11.5. The van der Waals surface area contributed by atoms with Crippen molar-refractivity contribution in [2.24, 2.45) is 10.9 Å². The van der Waals surface area contributed by atoms with Crippen LogP contribution < -0.4 is 5.73 Å². The van der Waals surface area contributed by atoms with Crippen molar-refractivity contribution in [1.82, 2.24) is 4.98 Å². The highest BCUT2D eigenvalue weighted by Gasteiger charge is 2.15. The highest BCUT2D eigenvalue weighted by atomic mass is 16.5. The number of hydrogen-bond acceptors (Lipinski definition) is 4. The zero-order valence-electron chi connectivity index (χ0n) is 9.67. The van der Waals surface area contributed by atoms with Crippen molar-refractivity contribution < 1.29 is 9.94 Å². The third-order valence-electron chi connectivity index (χ3n) is 2.98. The lowest BCUT2D eigenvalue weighted by Gasteiger charge is -2.11. The number of pyridine rings is 1. The van der Waals surface area contributed by atoms with E-state index in [0.717, 1.165) is 18.4 Å². The fourth-order valence-electron chi connectivity index (χ4n) is 2.02. The largest absolute Gasteiger partial charge is 0.409 e. The molecule has 2 rings (SSSR count). The molecule has 1 aliphatic carbocycles. The second kappa shape index (κ2) is 5.63. The van der Waals surface area contributed by atoms with E-state index in [-0.39, 0.29) is 5.84 Å². The Hall–Kier alpha value is -1.62. The number of nitrogens with zero attached hydrogens (tertiary/aromatic N) is 2. The first-order valence-electron chi connectivity index (χ1n) is 5.84. The maximum Gasteiger partial charge on any atom is 0.188 e. The van der Waals surface area contributed by atoms with Crippen molar-refractivity contribution in [2.75, 3.05) is 0 Å². The molecular weight excluding hydrogens is 218 g/mol. The number of rotatable bonds is 4. The van der Waals surface area contributed by atoms with E-state index in [0.29, 0.717) is 18.4 Å². The van der Waals surface area contributed by atoms with Crippen LogP contribution in [0.15, 0.2) is 23.5 Å². The van der Waals surface area contributed by atoms with Crippen LogP contribution in [0.1, 0.15) is 36.9 Å². The van der Waals surface area contributed by atoms with Crippen LogP contribution in [0.3, 0.4) is 0 Å². The Morgan fingerprint density at radius 1 is 1.53 bits per heavy atom. The Morgan fingerprint density at radius 2 is 2.29 bits per heavy atom. The highest BCUT2D eigenvalue weighted by Crippen LogP contribution is 2.22. The lowest BCUT2D eigenvalue weighted by Crippen LogP contribution is -2.15. The molecule has 0 bridgehead atoms. The number of aromatic nitrogens is 1. The molecule has 1 aliphatic rings. The number of hydrogen-bond donors (Lipinski definition) is 2. The number of amidine groups is 1. The average Bonchev–Trinajstić information content (AvgIpc) is 2.89. The van der Waals surface area contributed by atoms with Crippen LogP contribution in [-0.4, -0.2) is 22.1 Å². The normalized spacial score (nSPS) is 17.5. The van der Waals surface area contributed by atoms with Gasteiger partial charge in [0, 0.05) is 6.20 Å². The van der Waals surface area contributed by atoms with Gasteiger partial charge in [-0.05, 0) is 30.5 Å². The van der Waals surface area contributed by atoms with Crippen LogP contribution in [0.4, 0.5) is 0 Å². The van der Waals surface area contributed by atoms with Gasteiger partial charge in [0.05, 0.1) is 12.7 Å². The molecule has 1 aromatic rings. The third-order valence-corrected chi connectivity index (χ3v) is 2.98. The fourth-order valence-corrected chi connectivity index (χ4v) is 2.02. The third kappa shape index (κ3) is 3.17. The molecule has 1 aromatic heterocycles. The number of nitrogens with two attached hydrogens (primary N) is 1. The average molecular weight is 235 g/mol. The van der Waals surface area contributed by atoms with Crippen LogP contribution in [-0.2, 0) is 11.3 Å². The van der Waals surface area contributed by atoms with Gasteiger partial charge in [0.1, 0.15) is 5.69 Å². The van der Waals surface area contributed by atoms with E-state index in [1.807, 2.05) is 6.07 Å². The van der Waals surface area contributed by atoms with Gasteiger partial charge in [-0.3, -0.25) is 4.98 Å². The minimum atomic E-state index is 0.0210. The second-order valence-electron chi connectivity index (χ2n) is 4.25. The van der Waals surface area contributed by atoms with Gasteiger partial charge >= 0.3 is 0 Å². The van der Waals surface area contributed by atoms with E-state index in [2.05, 4.69) is 10.1 Å². The Labute approximate surface area is 100 Å². The van der Waals surface area contributed by atoms with Gasteiger partial charge in [0.25, 0.3) is 0 Å². The summed E-state index contributed by atoms with van der Waals surface area (Å²) in [5.41, 5.74) is 6.94. The van der Waals surface area contributed by atoms with E-state index in [9.17, 15) is 0 Å². The van der Waals surface area contributed by atoms with Crippen molar-refractivity contribution in [2.45, 2.75) is 38.4 Å². The monoisotopic (exact) mass is 235 g/mol. The molecule has 0 amide bonds. The highest BCUT2D eigenvalue weighted by molar-refractivity contribution is 5.95. The van der Waals surface area contributed by atoms with E-state index >= 15 is 0 Å². The zero-order chi connectivity index (χ0) is 12.1. The molecule has 1 fully saturated rings. The summed E-state index contributed by atoms with van der Waals surface area (Å²) >= 11 is 0. The molecule has 3 N–H and O–H groups in total. The number of ether oxygens (including phenoxy) is 1. The van der Waals surface area contributed by atoms with Gasteiger partial charge < -0.3 is 15.7 Å². The van der Waals surface area contributed by atoms with Crippen molar-refractivity contribution >= 4 is 5.84 Å². The standard InChI is InChI=1S/C12H17N3O2/c13-12(15-16)11-7-9(5-6-14-11)8-17-10-3-1-2-4-10/h5-7,10,16H,1-4,8H2,(H2,13,15). The summed E-state index contributed by atoms with van der Waals surface area (Å²) < 4.78 is 5.79. The predicted octanol–water partition coefficient (Wildman–Crippen LogP) is 1.64. The SMILES string of the molecule is NC(=NO)c1cc(COC2CCCC2)ccn1. The van der Waals surface area contributed by atoms with Crippen LogP contribution in [0.5, 0.6) is 0 Å². The second-order valence-corrected chi connectivity index (χ2v) is 4.25. The maximum absolute atomic E-state index is 8.57. The fraction of sp³-hybridized carbons (Fsp3) is 0.500. The maximum atomic E-state index is 8.57. The molecule has 92 valence electrons. The van der Waals surface area contributed by atoms with Crippen molar-refractivity contribution in [3.8, 4) is 0 Å². The van der Waals surface area contributed by atoms with Gasteiger partial charge in [0.2, 0.25) is 0 Å². The Morgan fingerprint density at radius 3 is 3.00 bits per heavy atom. The van der Waals surface area contributed by atoms with E-state index in [1.165, 1.54) is 12.8 Å². The van der Waals surface area contributed by atoms with E-state index in [1.54, 1.807) is 12.3 Å². The smallest absolute Gasteiger partial charge is 0.188 e. The molecule has 1 heterocycles. The van der Waals surface area contributed by atoms with Gasteiger partial charge in [-0.1, -0.05) is 18.0 Å². The Kier molecular flexibility index (Phi) is 3.93. The van der Waals surface area contributed by atoms with Crippen LogP contribution in [0, 0.1) is 0 Å². The van der Waals surface area contributed by atoms with Gasteiger partial charge in [0.15, 0.2) is 5.84 Å². The Bertz CT molecular complexity index is 400. The molecule has 17 heavy (non-hydrogen) atoms. The van der Waals surface area contributed by atoms with Crippen molar-refractivity contribution in [3.05, 3.63) is 29.6 Å². The van der Waals surface area contributed by atoms with Crippen LogP contribution in [0.2, 0.25) is 0 Å². The van der Waals surface area contributed by atoms with E-state index < -0.39 is 0 Å². The first kappa shape index (κ1) is 11.9. The molecule has 0 atom stereocenters. The van der Waals surface area contributed by atoms with Gasteiger partial charge in [-0.25, -0.2) is 0 Å². The molecule has 0 saturated heterocycles. The van der Waals surface area contributed by atoms with E-state index in [4.69, 9.17) is 15.7 Å². The quantitative estimate of drug-likeness (QED) is 0.360. The summed E-state index contributed by atoms with van der Waals surface area (Å²) in [6, 6.07) is 3.66. The molecule has 5 heteroatoms. The summed E-state index contributed by atoms with van der Waals surface area (Å²) in [4.78, 5) is 4.02. The summed E-state index contributed by atoms with van der Waals surface area (Å²) in [5.74, 6) is 0.0210. The van der Waals surface area contributed by atoms with Crippen LogP contribution in [0.25, 0.3) is 0 Å². The molecule has 0 aliphatic heterocycles. The first-order valence-corrected chi connectivity index (χ1v) is 5.84. The van der Waals surface area contributed by atoms with Crippen molar-refractivity contribution in [3.63, 3.8) is 0 Å². The minimum absolute atomic E-state index is 0.0210. The summed E-state index contributed by atoms with van der Waals surface area (Å²) in [7, 11) is 0. The molecule has 1 saturated carbocycles. The topological polar surface area (TPSA) is 80.7 Å². The first-order chi connectivity index (χ1) is 8.29. The molecular formula is C12H17N3O2. The van der Waals surface area contributed by atoms with Crippen molar-refractivity contribution in [1.29, 1.82) is 0 Å². The molecule has 0 radical (unpaired) electrons. The predicted molar refractivity (Wildman–Crippen MR) is 63.8 cm³/mol. The Balaban J connectivity index is 1.96. The molecule has 0 unspecified atom stereocenters. The van der Waals surface area contributed by atoms with Gasteiger partial charge in [-0.2, -0.15) is 0 Å². The molecule has 5 nitrogen and oxygen atoms in total. The summed E-state index contributed by atoms with van der Waals surface area (Å²) in [6.07, 6.45) is 6.85. The zero-order valence-corrected chi connectivity index (χ0v) is 9.67. The molecule has 0 spiro atoms. The molecule has 0 aromatic carbocycles. The lowest BCUT2D eigenvalue weighted by molar-refractivity contribution is 0.0456. The van der Waals surface area contributed by atoms with Gasteiger partial charge in [-0.15, -0.1) is 0 Å². The minimum Gasteiger partial charge on any atom is -0.409 e.